The zero-order valence-electron chi connectivity index (χ0n) is 9.90. The summed E-state index contributed by atoms with van der Waals surface area (Å²) in [5, 5.41) is 0.501. The molecule has 0 fully saturated rings. The van der Waals surface area contributed by atoms with Crippen molar-refractivity contribution < 1.29 is 14.3 Å². The number of carbonyl (C=O) groups excluding carboxylic acids is 1. The van der Waals surface area contributed by atoms with Crippen LogP contribution in [0.1, 0.15) is 12.5 Å². The second kappa shape index (κ2) is 6.47. The predicted molar refractivity (Wildman–Crippen MR) is 66.3 cm³/mol. The largest absolute Gasteiger partial charge is 0.495 e. The first-order valence-corrected chi connectivity index (χ1v) is 5.71. The van der Waals surface area contributed by atoms with Gasteiger partial charge in [-0.2, -0.15) is 0 Å². The van der Waals surface area contributed by atoms with Crippen molar-refractivity contribution in [2.24, 2.45) is 5.73 Å². The van der Waals surface area contributed by atoms with Crippen molar-refractivity contribution in [1.29, 1.82) is 0 Å². The molecular formula is C12H16ClNO3. The van der Waals surface area contributed by atoms with E-state index >= 15 is 0 Å². The molecule has 0 aliphatic heterocycles. The molecule has 94 valence electrons. The van der Waals surface area contributed by atoms with E-state index in [9.17, 15) is 4.79 Å². The lowest BCUT2D eigenvalue weighted by Gasteiger charge is -2.11. The lowest BCUT2D eigenvalue weighted by Crippen LogP contribution is -2.34. The summed E-state index contributed by atoms with van der Waals surface area (Å²) in [7, 11) is 1.55. The van der Waals surface area contributed by atoms with Crippen LogP contribution in [0.15, 0.2) is 18.2 Å². The molecule has 5 heteroatoms. The lowest BCUT2D eigenvalue weighted by atomic mass is 10.1. The van der Waals surface area contributed by atoms with Gasteiger partial charge in [0.05, 0.1) is 18.7 Å². The lowest BCUT2D eigenvalue weighted by molar-refractivity contribution is -0.144. The number of ether oxygens (including phenoxy) is 2. The van der Waals surface area contributed by atoms with Gasteiger partial charge in [-0.3, -0.25) is 4.79 Å². The van der Waals surface area contributed by atoms with Crippen LogP contribution in [0.5, 0.6) is 5.75 Å². The van der Waals surface area contributed by atoms with Gasteiger partial charge in [0.1, 0.15) is 11.8 Å². The van der Waals surface area contributed by atoms with Gasteiger partial charge in [0, 0.05) is 0 Å². The minimum atomic E-state index is -0.667. The number of halogens is 1. The first-order chi connectivity index (χ1) is 8.08. The van der Waals surface area contributed by atoms with Gasteiger partial charge in [0.25, 0.3) is 0 Å². The van der Waals surface area contributed by atoms with Crippen molar-refractivity contribution >= 4 is 17.6 Å². The third-order valence-corrected chi connectivity index (χ3v) is 2.56. The van der Waals surface area contributed by atoms with E-state index in [4.69, 9.17) is 26.8 Å². The summed E-state index contributed by atoms with van der Waals surface area (Å²) in [5.41, 5.74) is 6.58. The zero-order valence-corrected chi connectivity index (χ0v) is 10.7. The Morgan fingerprint density at radius 1 is 1.53 bits per heavy atom. The summed E-state index contributed by atoms with van der Waals surface area (Å²) in [6.45, 7) is 2.07. The molecular weight excluding hydrogens is 242 g/mol. The number of esters is 1. The second-order valence-electron chi connectivity index (χ2n) is 3.53. The van der Waals surface area contributed by atoms with Gasteiger partial charge in [-0.15, -0.1) is 0 Å². The van der Waals surface area contributed by atoms with Crippen LogP contribution in [0.25, 0.3) is 0 Å². The number of hydrogen-bond acceptors (Lipinski definition) is 4. The molecule has 1 atom stereocenters. The van der Waals surface area contributed by atoms with Crippen molar-refractivity contribution in [1.82, 2.24) is 0 Å². The van der Waals surface area contributed by atoms with E-state index in [2.05, 4.69) is 0 Å². The van der Waals surface area contributed by atoms with Gasteiger partial charge in [-0.1, -0.05) is 17.7 Å². The highest BCUT2D eigenvalue weighted by Gasteiger charge is 2.15. The highest BCUT2D eigenvalue weighted by molar-refractivity contribution is 6.32. The number of rotatable bonds is 5. The third-order valence-electron chi connectivity index (χ3n) is 2.26. The van der Waals surface area contributed by atoms with E-state index in [0.717, 1.165) is 5.56 Å². The van der Waals surface area contributed by atoms with E-state index in [0.29, 0.717) is 23.8 Å². The van der Waals surface area contributed by atoms with E-state index in [-0.39, 0.29) is 0 Å². The quantitative estimate of drug-likeness (QED) is 0.817. The standard InChI is InChI=1S/C12H16ClNO3/c1-3-17-12(15)10(14)7-8-4-5-11(16-2)9(13)6-8/h4-6,10H,3,7,14H2,1-2H3/t10-/m1/s1. The topological polar surface area (TPSA) is 61.5 Å². The Morgan fingerprint density at radius 2 is 2.24 bits per heavy atom. The van der Waals surface area contributed by atoms with Crippen LogP contribution in [-0.2, 0) is 16.0 Å². The summed E-state index contributed by atoms with van der Waals surface area (Å²) in [6.07, 6.45) is 0.391. The fourth-order valence-electron chi connectivity index (χ4n) is 1.42. The van der Waals surface area contributed by atoms with Crippen molar-refractivity contribution in [2.45, 2.75) is 19.4 Å². The molecule has 2 N–H and O–H groups in total. The molecule has 0 heterocycles. The van der Waals surface area contributed by atoms with Crippen LogP contribution in [-0.4, -0.2) is 25.7 Å². The Hall–Kier alpha value is -1.26. The number of methoxy groups -OCH3 is 1. The van der Waals surface area contributed by atoms with Gasteiger partial charge >= 0.3 is 5.97 Å². The maximum atomic E-state index is 11.4. The first kappa shape index (κ1) is 13.8. The molecule has 0 spiro atoms. The van der Waals surface area contributed by atoms with Crippen molar-refractivity contribution in [2.75, 3.05) is 13.7 Å². The minimum Gasteiger partial charge on any atom is -0.495 e. The van der Waals surface area contributed by atoms with Gasteiger partial charge in [-0.25, -0.2) is 0 Å². The Morgan fingerprint density at radius 3 is 2.76 bits per heavy atom. The van der Waals surface area contributed by atoms with Crippen LogP contribution in [0.2, 0.25) is 5.02 Å². The first-order valence-electron chi connectivity index (χ1n) is 5.33. The molecule has 0 amide bonds. The fraction of sp³-hybridized carbons (Fsp3) is 0.417. The Balaban J connectivity index is 2.68. The normalized spacial score (nSPS) is 12.0. The van der Waals surface area contributed by atoms with Crippen LogP contribution >= 0.6 is 11.6 Å². The molecule has 4 nitrogen and oxygen atoms in total. The molecule has 1 aromatic carbocycles. The van der Waals surface area contributed by atoms with E-state index in [1.165, 1.54) is 0 Å². The highest BCUT2D eigenvalue weighted by Crippen LogP contribution is 2.25. The monoisotopic (exact) mass is 257 g/mol. The van der Waals surface area contributed by atoms with Gasteiger partial charge in [0.15, 0.2) is 0 Å². The molecule has 17 heavy (non-hydrogen) atoms. The number of carbonyl (C=O) groups is 1. The molecule has 0 aliphatic rings. The van der Waals surface area contributed by atoms with Crippen LogP contribution < -0.4 is 10.5 Å². The van der Waals surface area contributed by atoms with Crippen molar-refractivity contribution in [3.63, 3.8) is 0 Å². The number of hydrogen-bond donors (Lipinski definition) is 1. The van der Waals surface area contributed by atoms with E-state index in [1.807, 2.05) is 6.07 Å². The average Bonchev–Trinajstić information content (AvgIpc) is 2.29. The SMILES string of the molecule is CCOC(=O)[C@H](N)Cc1ccc(OC)c(Cl)c1. The minimum absolute atomic E-state index is 0.329. The predicted octanol–water partition coefficient (Wildman–Crippen LogP) is 1.78. The summed E-state index contributed by atoms with van der Waals surface area (Å²) in [4.78, 5) is 11.4. The molecule has 0 bridgehead atoms. The smallest absolute Gasteiger partial charge is 0.323 e. The third kappa shape index (κ3) is 3.91. The van der Waals surface area contributed by atoms with Crippen molar-refractivity contribution in [3.8, 4) is 5.75 Å². The Bertz CT molecular complexity index is 395. The van der Waals surface area contributed by atoms with E-state index in [1.54, 1.807) is 26.2 Å². The molecule has 0 radical (unpaired) electrons. The van der Waals surface area contributed by atoms with Gasteiger partial charge in [0.2, 0.25) is 0 Å². The number of nitrogens with two attached hydrogens (primary N) is 1. The summed E-state index contributed by atoms with van der Waals surface area (Å²) in [6, 6.07) is 4.64. The van der Waals surface area contributed by atoms with Crippen molar-refractivity contribution in [3.05, 3.63) is 28.8 Å². The van der Waals surface area contributed by atoms with Crippen LogP contribution in [0.4, 0.5) is 0 Å². The molecule has 0 aromatic heterocycles. The summed E-state index contributed by atoms with van der Waals surface area (Å²) in [5.74, 6) is 0.194. The molecule has 0 aliphatic carbocycles. The fourth-order valence-corrected chi connectivity index (χ4v) is 1.70. The highest BCUT2D eigenvalue weighted by atomic mass is 35.5. The number of benzene rings is 1. The molecule has 1 aromatic rings. The summed E-state index contributed by atoms with van der Waals surface area (Å²) >= 11 is 5.97. The Kier molecular flexibility index (Phi) is 5.25. The maximum absolute atomic E-state index is 11.4. The average molecular weight is 258 g/mol. The molecule has 1 rings (SSSR count). The van der Waals surface area contributed by atoms with Crippen LogP contribution in [0, 0.1) is 0 Å². The molecule has 0 saturated heterocycles. The summed E-state index contributed by atoms with van der Waals surface area (Å²) < 4.78 is 9.87. The van der Waals surface area contributed by atoms with Gasteiger partial charge in [-0.05, 0) is 31.0 Å². The van der Waals surface area contributed by atoms with Gasteiger partial charge < -0.3 is 15.2 Å². The Labute approximate surface area is 106 Å². The second-order valence-corrected chi connectivity index (χ2v) is 3.94. The molecule has 0 saturated carbocycles. The maximum Gasteiger partial charge on any atom is 0.323 e. The van der Waals surface area contributed by atoms with Crippen LogP contribution in [0.3, 0.4) is 0 Å². The van der Waals surface area contributed by atoms with E-state index < -0.39 is 12.0 Å². The molecule has 0 unspecified atom stereocenters. The zero-order chi connectivity index (χ0) is 12.8.